The van der Waals surface area contributed by atoms with Gasteiger partial charge in [0.1, 0.15) is 23.1 Å². The smallest absolute Gasteiger partial charge is 0.258 e. The van der Waals surface area contributed by atoms with Crippen LogP contribution in [0.2, 0.25) is 0 Å². The topological polar surface area (TPSA) is 101 Å². The lowest BCUT2D eigenvalue weighted by Crippen LogP contribution is -2.31. The van der Waals surface area contributed by atoms with Crippen LogP contribution in [0.25, 0.3) is 10.9 Å². The maximum atomic E-state index is 13.7. The van der Waals surface area contributed by atoms with Crippen LogP contribution in [0.1, 0.15) is 69.7 Å². The monoisotopic (exact) mass is 457 g/mol. The van der Waals surface area contributed by atoms with E-state index in [4.69, 9.17) is 10.5 Å². The van der Waals surface area contributed by atoms with Crippen molar-refractivity contribution in [2.24, 2.45) is 12.8 Å². The Morgan fingerprint density at radius 3 is 2.15 bits per heavy atom. The molecule has 6 heteroatoms. The standard InChI is InChI=1S/C28H31N3O3/c1-27(2,3)18-12-15(13-19(23(18)32)28(4,5)6)21-17(14-29)25(30)34-24-16-10-8-9-11-20(16)31(7)26(33)22(21)24/h8-13,21,32H,30H2,1-7H3. The maximum absolute atomic E-state index is 13.7. The number of aromatic hydroxyl groups is 1. The van der Waals surface area contributed by atoms with Crippen LogP contribution in [0.15, 0.2) is 52.6 Å². The van der Waals surface area contributed by atoms with E-state index in [0.29, 0.717) is 11.3 Å². The molecule has 0 spiro atoms. The second-order valence-corrected chi connectivity index (χ2v) is 11.0. The van der Waals surface area contributed by atoms with Gasteiger partial charge in [-0.1, -0.05) is 65.8 Å². The van der Waals surface area contributed by atoms with Gasteiger partial charge in [0.15, 0.2) is 0 Å². The van der Waals surface area contributed by atoms with Gasteiger partial charge in [0.25, 0.3) is 5.56 Å². The predicted molar refractivity (Wildman–Crippen MR) is 134 cm³/mol. The van der Waals surface area contributed by atoms with Crippen LogP contribution in [0.3, 0.4) is 0 Å². The first-order chi connectivity index (χ1) is 15.8. The highest BCUT2D eigenvalue weighted by Gasteiger charge is 2.37. The molecule has 0 radical (unpaired) electrons. The van der Waals surface area contributed by atoms with Crippen molar-refractivity contribution in [2.45, 2.75) is 58.3 Å². The number of allylic oxidation sites excluding steroid dienone is 1. The molecule has 1 unspecified atom stereocenters. The summed E-state index contributed by atoms with van der Waals surface area (Å²) in [6.45, 7) is 12.2. The van der Waals surface area contributed by atoms with Gasteiger partial charge in [-0.25, -0.2) is 0 Å². The number of hydrogen-bond acceptors (Lipinski definition) is 5. The van der Waals surface area contributed by atoms with Crippen molar-refractivity contribution in [3.8, 4) is 17.6 Å². The molecule has 176 valence electrons. The first-order valence-electron chi connectivity index (χ1n) is 11.3. The zero-order valence-electron chi connectivity index (χ0n) is 20.8. The number of phenolic OH excluding ortho intramolecular Hbond substituents is 1. The summed E-state index contributed by atoms with van der Waals surface area (Å²) in [5, 5.41) is 22.0. The summed E-state index contributed by atoms with van der Waals surface area (Å²) >= 11 is 0. The number of aromatic nitrogens is 1. The molecule has 1 atom stereocenters. The molecule has 2 aromatic carbocycles. The number of benzene rings is 2. The normalized spacial score (nSPS) is 16.2. The minimum absolute atomic E-state index is 0.0129. The summed E-state index contributed by atoms with van der Waals surface area (Å²) in [4.78, 5) is 13.7. The minimum Gasteiger partial charge on any atom is -0.507 e. The average molecular weight is 458 g/mol. The highest BCUT2D eigenvalue weighted by atomic mass is 16.5. The first kappa shape index (κ1) is 23.4. The van der Waals surface area contributed by atoms with Crippen molar-refractivity contribution in [1.82, 2.24) is 4.57 Å². The Morgan fingerprint density at radius 2 is 1.62 bits per heavy atom. The molecular weight excluding hydrogens is 426 g/mol. The van der Waals surface area contributed by atoms with Gasteiger partial charge in [-0.3, -0.25) is 4.79 Å². The predicted octanol–water partition coefficient (Wildman–Crippen LogP) is 5.06. The van der Waals surface area contributed by atoms with E-state index >= 15 is 0 Å². The molecule has 1 aliphatic heterocycles. The Kier molecular flexibility index (Phi) is 5.28. The number of ether oxygens (including phenoxy) is 1. The Labute approximate surface area is 199 Å². The Hall–Kier alpha value is -3.72. The molecule has 4 rings (SSSR count). The fourth-order valence-electron chi connectivity index (χ4n) is 4.73. The second kappa shape index (κ2) is 7.66. The summed E-state index contributed by atoms with van der Waals surface area (Å²) in [7, 11) is 1.72. The quantitative estimate of drug-likeness (QED) is 0.532. The van der Waals surface area contributed by atoms with Crippen molar-refractivity contribution in [3.63, 3.8) is 0 Å². The Bertz CT molecular complexity index is 1420. The second-order valence-electron chi connectivity index (χ2n) is 11.0. The van der Waals surface area contributed by atoms with Crippen LogP contribution in [-0.2, 0) is 17.9 Å². The molecule has 34 heavy (non-hydrogen) atoms. The molecule has 0 saturated heterocycles. The summed E-state index contributed by atoms with van der Waals surface area (Å²) in [6.07, 6.45) is 0. The minimum atomic E-state index is -0.722. The first-order valence-corrected chi connectivity index (χ1v) is 11.3. The van der Waals surface area contributed by atoms with E-state index in [0.717, 1.165) is 27.6 Å². The fourth-order valence-corrected chi connectivity index (χ4v) is 4.73. The molecule has 1 aromatic heterocycles. The lowest BCUT2D eigenvalue weighted by molar-refractivity contribution is 0.395. The maximum Gasteiger partial charge on any atom is 0.258 e. The average Bonchev–Trinajstić information content (AvgIpc) is 2.75. The van der Waals surface area contributed by atoms with E-state index in [1.54, 1.807) is 11.6 Å². The van der Waals surface area contributed by atoms with Crippen molar-refractivity contribution in [1.29, 1.82) is 5.26 Å². The van der Waals surface area contributed by atoms with Gasteiger partial charge in [0.2, 0.25) is 5.88 Å². The van der Waals surface area contributed by atoms with Crippen molar-refractivity contribution >= 4 is 10.9 Å². The summed E-state index contributed by atoms with van der Waals surface area (Å²) in [5.41, 5.74) is 8.77. The van der Waals surface area contributed by atoms with Gasteiger partial charge in [-0.15, -0.1) is 0 Å². The summed E-state index contributed by atoms with van der Waals surface area (Å²) < 4.78 is 7.51. The molecule has 6 nitrogen and oxygen atoms in total. The third-order valence-electron chi connectivity index (χ3n) is 6.55. The van der Waals surface area contributed by atoms with Crippen molar-refractivity contribution in [2.75, 3.05) is 0 Å². The van der Waals surface area contributed by atoms with Gasteiger partial charge >= 0.3 is 0 Å². The molecule has 2 heterocycles. The largest absolute Gasteiger partial charge is 0.507 e. The van der Waals surface area contributed by atoms with Gasteiger partial charge in [-0.05, 0) is 39.7 Å². The molecule has 0 bridgehead atoms. The van der Waals surface area contributed by atoms with Crippen LogP contribution in [0.5, 0.6) is 11.5 Å². The van der Waals surface area contributed by atoms with Crippen LogP contribution >= 0.6 is 0 Å². The number of nitrogens with zero attached hydrogens (tertiary/aromatic N) is 2. The number of pyridine rings is 1. The van der Waals surface area contributed by atoms with Crippen molar-refractivity contribution in [3.05, 3.63) is 80.5 Å². The fraction of sp³-hybridized carbons (Fsp3) is 0.357. The third kappa shape index (κ3) is 3.52. The van der Waals surface area contributed by atoms with Gasteiger partial charge in [0.05, 0.1) is 17.0 Å². The van der Waals surface area contributed by atoms with Crippen LogP contribution in [0.4, 0.5) is 0 Å². The lowest BCUT2D eigenvalue weighted by atomic mass is 9.74. The number of nitriles is 1. The summed E-state index contributed by atoms with van der Waals surface area (Å²) in [5.74, 6) is -0.123. The van der Waals surface area contributed by atoms with Gasteiger partial charge in [-0.2, -0.15) is 5.26 Å². The molecule has 3 N–H and O–H groups in total. The zero-order chi connectivity index (χ0) is 25.2. The number of fused-ring (bicyclic) bond motifs is 3. The number of rotatable bonds is 1. The number of para-hydroxylation sites is 1. The number of phenols is 1. The SMILES string of the molecule is Cn1c(=O)c2c(c3ccccc31)OC(N)=C(C#N)C2c1cc(C(C)(C)C)c(O)c(C(C)(C)C)c1. The van der Waals surface area contributed by atoms with E-state index in [9.17, 15) is 15.2 Å². The zero-order valence-corrected chi connectivity index (χ0v) is 20.8. The molecular formula is C28H31N3O3. The van der Waals surface area contributed by atoms with E-state index in [-0.39, 0.29) is 33.6 Å². The molecule has 0 fully saturated rings. The van der Waals surface area contributed by atoms with E-state index in [2.05, 4.69) is 6.07 Å². The number of aryl methyl sites for hydroxylation is 1. The summed E-state index contributed by atoms with van der Waals surface area (Å²) in [6, 6.07) is 13.4. The third-order valence-corrected chi connectivity index (χ3v) is 6.55. The van der Waals surface area contributed by atoms with E-state index in [1.165, 1.54) is 0 Å². The Morgan fingerprint density at radius 1 is 1.06 bits per heavy atom. The van der Waals surface area contributed by atoms with Crippen LogP contribution in [0, 0.1) is 11.3 Å². The molecule has 0 saturated carbocycles. The highest BCUT2D eigenvalue weighted by Crippen LogP contribution is 2.47. The Balaban J connectivity index is 2.16. The van der Waals surface area contributed by atoms with E-state index < -0.39 is 5.92 Å². The highest BCUT2D eigenvalue weighted by molar-refractivity contribution is 5.88. The van der Waals surface area contributed by atoms with Gasteiger partial charge in [0, 0.05) is 12.4 Å². The molecule has 0 aliphatic carbocycles. The van der Waals surface area contributed by atoms with Crippen LogP contribution < -0.4 is 16.0 Å². The number of hydrogen-bond donors (Lipinski definition) is 2. The van der Waals surface area contributed by atoms with Gasteiger partial charge < -0.3 is 20.1 Å². The van der Waals surface area contributed by atoms with E-state index in [1.807, 2.05) is 77.9 Å². The molecule has 1 aliphatic rings. The van der Waals surface area contributed by atoms with Crippen LogP contribution in [-0.4, -0.2) is 9.67 Å². The number of nitrogens with two attached hydrogens (primary N) is 1. The molecule has 0 amide bonds. The lowest BCUT2D eigenvalue weighted by Gasteiger charge is -2.32. The van der Waals surface area contributed by atoms with Crippen molar-refractivity contribution < 1.29 is 9.84 Å². The molecule has 3 aromatic rings.